The van der Waals surface area contributed by atoms with Crippen LogP contribution in [0, 0.1) is 0 Å². The highest BCUT2D eigenvalue weighted by Crippen LogP contribution is 2.21. The molecule has 5 nitrogen and oxygen atoms in total. The average Bonchev–Trinajstić information content (AvgIpc) is 3.11. The molecular weight excluding hydrogens is 266 g/mol. The third kappa shape index (κ3) is 2.65. The Hall–Kier alpha value is -1.88. The smallest absolute Gasteiger partial charge is 0.355 e. The number of pyridine rings is 1. The second kappa shape index (κ2) is 5.85. The van der Waals surface area contributed by atoms with Crippen molar-refractivity contribution >= 4 is 11.6 Å². The molecule has 1 aliphatic heterocycles. The predicted octanol–water partition coefficient (Wildman–Crippen LogP) is 2.15. The van der Waals surface area contributed by atoms with Gasteiger partial charge in [0.05, 0.1) is 12.8 Å². The topological polar surface area (TPSA) is 46.8 Å². The fraction of sp³-hybridized carbons (Fsp3) is 0.500. The lowest BCUT2D eigenvalue weighted by Crippen LogP contribution is -2.30. The molecular formula is C16H21N3O2. The van der Waals surface area contributed by atoms with Crippen molar-refractivity contribution in [1.29, 1.82) is 0 Å². The third-order valence-electron chi connectivity index (χ3n) is 4.29. The molecule has 2 aromatic rings. The molecule has 0 spiro atoms. The van der Waals surface area contributed by atoms with Crippen LogP contribution in [-0.2, 0) is 11.2 Å². The van der Waals surface area contributed by atoms with E-state index in [0.29, 0.717) is 11.7 Å². The first-order valence-corrected chi connectivity index (χ1v) is 7.52. The molecule has 3 rings (SSSR count). The maximum Gasteiger partial charge on any atom is 0.355 e. The molecule has 1 fully saturated rings. The highest BCUT2D eigenvalue weighted by Gasteiger charge is 2.24. The van der Waals surface area contributed by atoms with Crippen LogP contribution in [0.3, 0.4) is 0 Å². The van der Waals surface area contributed by atoms with Crippen LogP contribution in [0.4, 0.5) is 0 Å². The zero-order chi connectivity index (χ0) is 14.8. The highest BCUT2D eigenvalue weighted by atomic mass is 16.5. The van der Waals surface area contributed by atoms with Crippen molar-refractivity contribution in [2.24, 2.45) is 0 Å². The summed E-state index contributed by atoms with van der Waals surface area (Å²) < 4.78 is 6.65. The Morgan fingerprint density at radius 1 is 1.48 bits per heavy atom. The van der Waals surface area contributed by atoms with Gasteiger partial charge in [0, 0.05) is 18.7 Å². The summed E-state index contributed by atoms with van der Waals surface area (Å²) in [6.07, 6.45) is 5.40. The molecule has 1 atom stereocenters. The zero-order valence-electron chi connectivity index (χ0n) is 12.6. The van der Waals surface area contributed by atoms with Crippen LogP contribution in [0.2, 0.25) is 0 Å². The van der Waals surface area contributed by atoms with Crippen LogP contribution in [0.5, 0.6) is 0 Å². The van der Waals surface area contributed by atoms with Crippen LogP contribution in [-0.4, -0.2) is 46.5 Å². The number of imidazole rings is 1. The van der Waals surface area contributed by atoms with Crippen LogP contribution < -0.4 is 0 Å². The molecule has 2 aromatic heterocycles. The second-order valence-electron chi connectivity index (χ2n) is 5.49. The van der Waals surface area contributed by atoms with Gasteiger partial charge in [-0.15, -0.1) is 0 Å². The van der Waals surface area contributed by atoms with Gasteiger partial charge in [-0.05, 0) is 38.1 Å². The van der Waals surface area contributed by atoms with Gasteiger partial charge in [0.25, 0.3) is 0 Å². The number of rotatable bonds is 4. The lowest BCUT2D eigenvalue weighted by molar-refractivity contribution is 0.0592. The van der Waals surface area contributed by atoms with Gasteiger partial charge in [0.2, 0.25) is 0 Å². The number of carbonyl (C=O) groups is 1. The molecule has 0 bridgehead atoms. The third-order valence-corrected chi connectivity index (χ3v) is 4.29. The Morgan fingerprint density at radius 2 is 2.33 bits per heavy atom. The van der Waals surface area contributed by atoms with Gasteiger partial charge in [-0.3, -0.25) is 4.40 Å². The Balaban J connectivity index is 1.89. The number of methoxy groups -OCH3 is 1. The van der Waals surface area contributed by atoms with Crippen molar-refractivity contribution in [3.63, 3.8) is 0 Å². The maximum absolute atomic E-state index is 11.8. The van der Waals surface area contributed by atoms with E-state index in [1.165, 1.54) is 26.5 Å². The van der Waals surface area contributed by atoms with Crippen molar-refractivity contribution in [1.82, 2.24) is 14.3 Å². The molecule has 21 heavy (non-hydrogen) atoms. The van der Waals surface area contributed by atoms with E-state index in [-0.39, 0.29) is 5.97 Å². The predicted molar refractivity (Wildman–Crippen MR) is 80.5 cm³/mol. The molecule has 0 saturated carbocycles. The lowest BCUT2D eigenvalue weighted by Gasteiger charge is -2.21. The molecule has 0 radical (unpaired) electrons. The van der Waals surface area contributed by atoms with E-state index in [4.69, 9.17) is 4.74 Å². The zero-order valence-corrected chi connectivity index (χ0v) is 12.6. The molecule has 0 aromatic carbocycles. The van der Waals surface area contributed by atoms with Crippen molar-refractivity contribution < 1.29 is 9.53 Å². The van der Waals surface area contributed by atoms with Crippen LogP contribution >= 0.6 is 0 Å². The summed E-state index contributed by atoms with van der Waals surface area (Å²) in [5.41, 5.74) is 2.36. The Morgan fingerprint density at radius 3 is 3.10 bits per heavy atom. The Kier molecular flexibility index (Phi) is 3.92. The molecule has 0 N–H and O–H groups in total. The summed E-state index contributed by atoms with van der Waals surface area (Å²) in [5.74, 6) is -0.333. The summed E-state index contributed by atoms with van der Waals surface area (Å²) in [7, 11) is 1.40. The first kappa shape index (κ1) is 14.1. The number of esters is 1. The van der Waals surface area contributed by atoms with Gasteiger partial charge in [0.15, 0.2) is 0 Å². The largest absolute Gasteiger partial charge is 0.464 e. The van der Waals surface area contributed by atoms with Gasteiger partial charge in [-0.25, -0.2) is 9.78 Å². The number of ether oxygens (including phenoxy) is 1. The van der Waals surface area contributed by atoms with Crippen molar-refractivity contribution in [3.05, 3.63) is 35.8 Å². The molecule has 3 heterocycles. The van der Waals surface area contributed by atoms with Gasteiger partial charge in [-0.1, -0.05) is 13.0 Å². The number of nitrogens with zero attached hydrogens (tertiary/aromatic N) is 3. The molecule has 0 amide bonds. The molecule has 1 aliphatic rings. The fourth-order valence-corrected chi connectivity index (χ4v) is 3.21. The van der Waals surface area contributed by atoms with E-state index in [1.807, 2.05) is 22.7 Å². The van der Waals surface area contributed by atoms with Gasteiger partial charge >= 0.3 is 5.97 Å². The minimum absolute atomic E-state index is 0.333. The molecule has 1 saturated heterocycles. The molecule has 0 aliphatic carbocycles. The highest BCUT2D eigenvalue weighted by molar-refractivity contribution is 5.88. The van der Waals surface area contributed by atoms with Gasteiger partial charge in [0.1, 0.15) is 11.3 Å². The Bertz CT molecular complexity index is 650. The number of fused-ring (bicyclic) bond motifs is 1. The number of hydrogen-bond donors (Lipinski definition) is 0. The normalized spacial score (nSPS) is 19.2. The molecule has 1 unspecified atom stereocenters. The van der Waals surface area contributed by atoms with E-state index >= 15 is 0 Å². The fourth-order valence-electron chi connectivity index (χ4n) is 3.21. The van der Waals surface area contributed by atoms with E-state index in [2.05, 4.69) is 16.8 Å². The van der Waals surface area contributed by atoms with Crippen molar-refractivity contribution in [2.75, 3.05) is 20.2 Å². The summed E-state index contributed by atoms with van der Waals surface area (Å²) in [4.78, 5) is 19.0. The SMILES string of the molecule is CCN1CCCC1Cc1cn2c(C(=O)OC)cccc2n1. The van der Waals surface area contributed by atoms with Crippen molar-refractivity contribution in [2.45, 2.75) is 32.2 Å². The number of aromatic nitrogens is 2. The van der Waals surface area contributed by atoms with E-state index in [1.54, 1.807) is 6.07 Å². The second-order valence-corrected chi connectivity index (χ2v) is 5.49. The number of carbonyl (C=O) groups excluding carboxylic acids is 1. The first-order valence-electron chi connectivity index (χ1n) is 7.52. The van der Waals surface area contributed by atoms with Gasteiger partial charge in [-0.2, -0.15) is 0 Å². The van der Waals surface area contributed by atoms with Crippen LogP contribution in [0.1, 0.15) is 35.9 Å². The minimum atomic E-state index is -0.333. The summed E-state index contributed by atoms with van der Waals surface area (Å²) in [5, 5.41) is 0. The van der Waals surface area contributed by atoms with Gasteiger partial charge < -0.3 is 9.64 Å². The van der Waals surface area contributed by atoms with E-state index < -0.39 is 0 Å². The summed E-state index contributed by atoms with van der Waals surface area (Å²) in [6, 6.07) is 6.09. The Labute approximate surface area is 124 Å². The van der Waals surface area contributed by atoms with Crippen LogP contribution in [0.25, 0.3) is 5.65 Å². The first-order chi connectivity index (χ1) is 10.2. The summed E-state index contributed by atoms with van der Waals surface area (Å²) >= 11 is 0. The van der Waals surface area contributed by atoms with E-state index in [0.717, 1.165) is 24.3 Å². The number of hydrogen-bond acceptors (Lipinski definition) is 4. The summed E-state index contributed by atoms with van der Waals surface area (Å²) in [6.45, 7) is 4.48. The number of likely N-dealkylation sites (tertiary alicyclic amines) is 1. The lowest BCUT2D eigenvalue weighted by atomic mass is 10.1. The van der Waals surface area contributed by atoms with E-state index in [9.17, 15) is 4.79 Å². The average molecular weight is 287 g/mol. The van der Waals surface area contributed by atoms with Crippen molar-refractivity contribution in [3.8, 4) is 0 Å². The monoisotopic (exact) mass is 287 g/mol. The maximum atomic E-state index is 11.8. The number of likely N-dealkylation sites (N-methyl/N-ethyl adjacent to an activating group) is 1. The molecule has 112 valence electrons. The minimum Gasteiger partial charge on any atom is -0.464 e. The molecule has 5 heteroatoms. The van der Waals surface area contributed by atoms with Crippen LogP contribution in [0.15, 0.2) is 24.4 Å². The standard InChI is InChI=1S/C16H21N3O2/c1-3-18-9-5-6-13(18)10-12-11-19-14(16(20)21-2)7-4-8-15(19)17-12/h4,7-8,11,13H,3,5-6,9-10H2,1-2H3. The quantitative estimate of drug-likeness (QED) is 0.808.